The largest absolute Gasteiger partial charge is 0.367 e. The second kappa shape index (κ2) is 8.80. The predicted octanol–water partition coefficient (Wildman–Crippen LogP) is 3.36. The van der Waals surface area contributed by atoms with Gasteiger partial charge in [-0.15, -0.1) is 0 Å². The van der Waals surface area contributed by atoms with E-state index in [2.05, 4.69) is 5.10 Å². The van der Waals surface area contributed by atoms with Crippen LogP contribution in [0, 0.1) is 0 Å². The molecule has 0 saturated carbocycles. The van der Waals surface area contributed by atoms with Gasteiger partial charge in [0.05, 0.1) is 24.0 Å². The van der Waals surface area contributed by atoms with Gasteiger partial charge in [-0.3, -0.25) is 9.59 Å². The summed E-state index contributed by atoms with van der Waals surface area (Å²) < 4.78 is 1.38. The van der Waals surface area contributed by atoms with Crippen molar-refractivity contribution in [3.63, 3.8) is 0 Å². The zero-order chi connectivity index (χ0) is 20.2. The standard InChI is InChI=1S/C21H21ClN4O2S/c22-19-18(13-23-26(21(19)28)14-16-5-2-1-3-6-16)24-8-4-9-25(11-10-24)20(27)17-7-12-29-15-17/h1-3,5-7,12-13,15H,4,8-11,14H2. The molecule has 2 aromatic heterocycles. The highest BCUT2D eigenvalue weighted by Crippen LogP contribution is 2.23. The highest BCUT2D eigenvalue weighted by molar-refractivity contribution is 7.08. The topological polar surface area (TPSA) is 58.4 Å². The first-order chi connectivity index (χ1) is 14.1. The van der Waals surface area contributed by atoms with Crippen molar-refractivity contribution >= 4 is 34.5 Å². The van der Waals surface area contributed by atoms with Gasteiger partial charge < -0.3 is 9.80 Å². The molecule has 1 amide bonds. The first kappa shape index (κ1) is 19.7. The number of anilines is 1. The number of carbonyl (C=O) groups is 1. The maximum Gasteiger partial charge on any atom is 0.287 e. The van der Waals surface area contributed by atoms with E-state index in [4.69, 9.17) is 11.6 Å². The third-order valence-electron chi connectivity index (χ3n) is 5.03. The number of carbonyl (C=O) groups excluding carboxylic acids is 1. The number of benzene rings is 1. The Morgan fingerprint density at radius 2 is 1.93 bits per heavy atom. The summed E-state index contributed by atoms with van der Waals surface area (Å²) in [5, 5.41) is 8.29. The van der Waals surface area contributed by atoms with Crippen LogP contribution in [-0.4, -0.2) is 46.8 Å². The molecule has 0 aliphatic carbocycles. The second-order valence-electron chi connectivity index (χ2n) is 6.94. The molecule has 150 valence electrons. The number of aromatic nitrogens is 2. The molecule has 1 aromatic carbocycles. The molecule has 1 fully saturated rings. The molecule has 0 spiro atoms. The Bertz CT molecular complexity index is 1040. The Hall–Kier alpha value is -2.64. The van der Waals surface area contributed by atoms with E-state index in [0.29, 0.717) is 31.9 Å². The van der Waals surface area contributed by atoms with Gasteiger partial charge in [0.25, 0.3) is 11.5 Å². The van der Waals surface area contributed by atoms with Crippen LogP contribution >= 0.6 is 22.9 Å². The molecular formula is C21H21ClN4O2S. The summed E-state index contributed by atoms with van der Waals surface area (Å²) in [6.07, 6.45) is 2.46. The van der Waals surface area contributed by atoms with Crippen LogP contribution in [0.1, 0.15) is 22.3 Å². The van der Waals surface area contributed by atoms with Crippen molar-refractivity contribution < 1.29 is 4.79 Å². The van der Waals surface area contributed by atoms with Crippen LogP contribution in [0.5, 0.6) is 0 Å². The third kappa shape index (κ3) is 4.36. The summed E-state index contributed by atoms with van der Waals surface area (Å²) >= 11 is 7.96. The summed E-state index contributed by atoms with van der Waals surface area (Å²) in [7, 11) is 0. The summed E-state index contributed by atoms with van der Waals surface area (Å²) in [6, 6.07) is 11.5. The molecule has 6 nitrogen and oxygen atoms in total. The van der Waals surface area contributed by atoms with E-state index in [9.17, 15) is 9.59 Å². The number of halogens is 1. The lowest BCUT2D eigenvalue weighted by Gasteiger charge is -2.24. The molecule has 3 aromatic rings. The van der Waals surface area contributed by atoms with Crippen LogP contribution in [0.25, 0.3) is 0 Å². The van der Waals surface area contributed by atoms with Crippen molar-refractivity contribution in [3.8, 4) is 0 Å². The van der Waals surface area contributed by atoms with Crippen LogP contribution < -0.4 is 10.5 Å². The predicted molar refractivity (Wildman–Crippen MR) is 116 cm³/mol. The molecule has 29 heavy (non-hydrogen) atoms. The van der Waals surface area contributed by atoms with Crippen LogP contribution in [0.3, 0.4) is 0 Å². The Balaban J connectivity index is 1.49. The minimum absolute atomic E-state index is 0.0515. The van der Waals surface area contributed by atoms with Crippen molar-refractivity contribution in [2.75, 3.05) is 31.1 Å². The zero-order valence-electron chi connectivity index (χ0n) is 15.8. The minimum atomic E-state index is -0.302. The number of thiophene rings is 1. The van der Waals surface area contributed by atoms with Gasteiger partial charge in [0.2, 0.25) is 0 Å². The molecule has 0 atom stereocenters. The fourth-order valence-corrected chi connectivity index (χ4v) is 4.37. The van der Waals surface area contributed by atoms with Gasteiger partial charge in [-0.2, -0.15) is 16.4 Å². The SMILES string of the molecule is O=C(c1ccsc1)N1CCCN(c2cnn(Cc3ccccc3)c(=O)c2Cl)CC1. The second-order valence-corrected chi connectivity index (χ2v) is 8.10. The van der Waals surface area contributed by atoms with E-state index in [-0.39, 0.29) is 16.5 Å². The fourth-order valence-electron chi connectivity index (χ4n) is 3.48. The molecule has 1 aliphatic rings. The Morgan fingerprint density at radius 3 is 2.69 bits per heavy atom. The lowest BCUT2D eigenvalue weighted by Crippen LogP contribution is -2.36. The minimum Gasteiger partial charge on any atom is -0.367 e. The van der Waals surface area contributed by atoms with Crippen molar-refractivity contribution in [3.05, 3.63) is 79.9 Å². The van der Waals surface area contributed by atoms with Crippen molar-refractivity contribution in [2.24, 2.45) is 0 Å². The first-order valence-corrected chi connectivity index (χ1v) is 10.8. The molecule has 1 saturated heterocycles. The van der Waals surface area contributed by atoms with E-state index >= 15 is 0 Å². The lowest BCUT2D eigenvalue weighted by atomic mass is 10.2. The molecule has 1 aliphatic heterocycles. The van der Waals surface area contributed by atoms with E-state index < -0.39 is 0 Å². The third-order valence-corrected chi connectivity index (χ3v) is 6.07. The van der Waals surface area contributed by atoms with E-state index in [1.54, 1.807) is 6.20 Å². The van der Waals surface area contributed by atoms with Gasteiger partial charge in [0.15, 0.2) is 0 Å². The van der Waals surface area contributed by atoms with Crippen molar-refractivity contribution in [1.29, 1.82) is 0 Å². The van der Waals surface area contributed by atoms with Gasteiger partial charge in [0.1, 0.15) is 5.02 Å². The van der Waals surface area contributed by atoms with Crippen LogP contribution in [-0.2, 0) is 6.54 Å². The number of hydrogen-bond donors (Lipinski definition) is 0. The molecule has 4 rings (SSSR count). The average molecular weight is 429 g/mol. The highest BCUT2D eigenvalue weighted by atomic mass is 35.5. The fraction of sp³-hybridized carbons (Fsp3) is 0.286. The molecule has 0 unspecified atom stereocenters. The van der Waals surface area contributed by atoms with Gasteiger partial charge in [-0.1, -0.05) is 41.9 Å². The number of amides is 1. The normalized spacial score (nSPS) is 14.7. The van der Waals surface area contributed by atoms with E-state index in [1.165, 1.54) is 16.0 Å². The van der Waals surface area contributed by atoms with Crippen molar-refractivity contribution in [2.45, 2.75) is 13.0 Å². The highest BCUT2D eigenvalue weighted by Gasteiger charge is 2.23. The number of rotatable bonds is 4. The maximum absolute atomic E-state index is 12.7. The Morgan fingerprint density at radius 1 is 1.10 bits per heavy atom. The van der Waals surface area contributed by atoms with E-state index in [0.717, 1.165) is 24.1 Å². The van der Waals surface area contributed by atoms with Crippen LogP contribution in [0.2, 0.25) is 5.02 Å². The van der Waals surface area contributed by atoms with Gasteiger partial charge in [0, 0.05) is 31.6 Å². The Kier molecular flexibility index (Phi) is 5.97. The molecular weight excluding hydrogens is 408 g/mol. The quantitative estimate of drug-likeness (QED) is 0.639. The number of hydrogen-bond acceptors (Lipinski definition) is 5. The van der Waals surface area contributed by atoms with Crippen molar-refractivity contribution in [1.82, 2.24) is 14.7 Å². The molecule has 3 heterocycles. The molecule has 0 bridgehead atoms. The maximum atomic E-state index is 12.7. The molecule has 8 heteroatoms. The Labute approximate surface area is 177 Å². The monoisotopic (exact) mass is 428 g/mol. The van der Waals surface area contributed by atoms with Gasteiger partial charge >= 0.3 is 0 Å². The van der Waals surface area contributed by atoms with E-state index in [1.807, 2.05) is 57.0 Å². The molecule has 0 radical (unpaired) electrons. The van der Waals surface area contributed by atoms with Gasteiger partial charge in [-0.25, -0.2) is 4.68 Å². The summed E-state index contributed by atoms with van der Waals surface area (Å²) in [5.74, 6) is 0.0515. The zero-order valence-corrected chi connectivity index (χ0v) is 17.4. The number of nitrogens with zero attached hydrogens (tertiary/aromatic N) is 4. The summed E-state index contributed by atoms with van der Waals surface area (Å²) in [5.41, 5.74) is 2.05. The van der Waals surface area contributed by atoms with Crippen LogP contribution in [0.15, 0.2) is 58.1 Å². The average Bonchev–Trinajstić information content (AvgIpc) is 3.17. The summed E-state index contributed by atoms with van der Waals surface area (Å²) in [6.45, 7) is 2.97. The summed E-state index contributed by atoms with van der Waals surface area (Å²) in [4.78, 5) is 29.3. The smallest absolute Gasteiger partial charge is 0.287 e. The van der Waals surface area contributed by atoms with Gasteiger partial charge in [-0.05, 0) is 23.4 Å². The molecule has 0 N–H and O–H groups in total. The lowest BCUT2D eigenvalue weighted by molar-refractivity contribution is 0.0767. The van der Waals surface area contributed by atoms with Crippen LogP contribution in [0.4, 0.5) is 5.69 Å². The first-order valence-electron chi connectivity index (χ1n) is 9.49.